The van der Waals surface area contributed by atoms with Gasteiger partial charge in [-0.15, -0.1) is 0 Å². The molecule has 0 unspecified atom stereocenters. The quantitative estimate of drug-likeness (QED) is 0.173. The molecule has 6 heteroatoms. The lowest BCUT2D eigenvalue weighted by Gasteiger charge is -2.16. The van der Waals surface area contributed by atoms with Gasteiger partial charge in [0.25, 0.3) is 0 Å². The Labute approximate surface area is 230 Å². The molecule has 198 valence electrons. The van der Waals surface area contributed by atoms with Crippen molar-refractivity contribution in [3.8, 4) is 23.0 Å². The highest BCUT2D eigenvalue weighted by Crippen LogP contribution is 2.39. The number of hydrogen-bond acceptors (Lipinski definition) is 3. The number of carbonyl (C=O) groups excluding carboxylic acids is 1. The molecular weight excluding hydrogens is 511 g/mol. The van der Waals surface area contributed by atoms with Crippen LogP contribution in [0, 0.1) is 18.8 Å². The maximum Gasteiger partial charge on any atom is 0.418 e. The second-order valence-corrected chi connectivity index (χ2v) is 9.37. The molecule has 0 fully saturated rings. The van der Waals surface area contributed by atoms with Crippen molar-refractivity contribution in [2.45, 2.75) is 19.5 Å². The number of fused-ring (bicyclic) bond motifs is 1. The molecule has 40 heavy (non-hydrogen) atoms. The summed E-state index contributed by atoms with van der Waals surface area (Å²) >= 11 is 0. The molecule has 4 aromatic carbocycles. The van der Waals surface area contributed by atoms with Gasteiger partial charge >= 0.3 is 12.1 Å². The molecule has 3 nitrogen and oxygen atoms in total. The molecule has 1 heterocycles. The first-order chi connectivity index (χ1) is 19.2. The lowest BCUT2D eigenvalue weighted by Crippen LogP contribution is -2.07. The lowest BCUT2D eigenvalue weighted by atomic mass is 9.91. The van der Waals surface area contributed by atoms with Crippen LogP contribution in [-0.4, -0.2) is 18.1 Å². The number of ether oxygens (including phenoxy) is 1. The van der Waals surface area contributed by atoms with Crippen molar-refractivity contribution >= 4 is 16.9 Å². The van der Waals surface area contributed by atoms with Gasteiger partial charge in [0.15, 0.2) is 0 Å². The number of nitrogens with zero attached hydrogens (tertiary/aromatic N) is 1. The molecule has 5 aromatic rings. The van der Waals surface area contributed by atoms with E-state index in [4.69, 9.17) is 4.74 Å². The Morgan fingerprint density at radius 3 is 2.40 bits per heavy atom. The number of pyridine rings is 1. The molecule has 5 rings (SSSR count). The normalized spacial score (nSPS) is 11.1. The maximum atomic E-state index is 13.9. The number of rotatable bonds is 4. The van der Waals surface area contributed by atoms with E-state index in [1.165, 1.54) is 13.2 Å². The Kier molecular flexibility index (Phi) is 7.39. The Morgan fingerprint density at radius 2 is 1.68 bits per heavy atom. The minimum atomic E-state index is -4.53. The number of aromatic nitrogens is 1. The van der Waals surface area contributed by atoms with Gasteiger partial charge in [-0.05, 0) is 77.6 Å². The minimum absolute atomic E-state index is 0.0837. The van der Waals surface area contributed by atoms with E-state index in [1.807, 2.05) is 61.5 Å². The second-order valence-electron chi connectivity index (χ2n) is 9.37. The van der Waals surface area contributed by atoms with E-state index in [9.17, 15) is 18.0 Å². The summed E-state index contributed by atoms with van der Waals surface area (Å²) in [6, 6.07) is 26.5. The molecule has 0 N–H and O–H groups in total. The van der Waals surface area contributed by atoms with Crippen molar-refractivity contribution in [3.63, 3.8) is 0 Å². The van der Waals surface area contributed by atoms with Gasteiger partial charge < -0.3 is 4.74 Å². The Bertz CT molecular complexity index is 1780. The number of carbonyl (C=O) groups is 1. The fraction of sp³-hybridized carbons (Fsp3) is 0.118. The summed E-state index contributed by atoms with van der Waals surface area (Å²) in [5, 5.41) is 0.433. The number of methoxy groups -OCH3 is 1. The van der Waals surface area contributed by atoms with Crippen LogP contribution in [-0.2, 0) is 17.3 Å². The van der Waals surface area contributed by atoms with E-state index in [0.717, 1.165) is 33.9 Å². The zero-order valence-electron chi connectivity index (χ0n) is 21.8. The average molecular weight is 536 g/mol. The van der Waals surface area contributed by atoms with Gasteiger partial charge in [-0.2, -0.15) is 13.2 Å². The average Bonchev–Trinajstić information content (AvgIpc) is 2.95. The Hall–Kier alpha value is -4.89. The first kappa shape index (κ1) is 26.7. The van der Waals surface area contributed by atoms with Crippen molar-refractivity contribution in [1.82, 2.24) is 4.98 Å². The topological polar surface area (TPSA) is 39.2 Å². The molecule has 0 amide bonds. The van der Waals surface area contributed by atoms with Gasteiger partial charge in [0.05, 0.1) is 23.8 Å². The third-order valence-electron chi connectivity index (χ3n) is 6.66. The number of benzene rings is 4. The predicted octanol–water partition coefficient (Wildman–Crippen LogP) is 8.01. The fourth-order valence-electron chi connectivity index (χ4n) is 4.72. The number of hydrogen-bond donors (Lipinski definition) is 0. The van der Waals surface area contributed by atoms with E-state index in [2.05, 4.69) is 16.8 Å². The summed E-state index contributed by atoms with van der Waals surface area (Å²) in [6.45, 7) is 1.87. The summed E-state index contributed by atoms with van der Waals surface area (Å²) in [5.74, 6) is 5.90. The van der Waals surface area contributed by atoms with Crippen molar-refractivity contribution < 1.29 is 22.7 Å². The van der Waals surface area contributed by atoms with Crippen LogP contribution in [0.1, 0.15) is 43.7 Å². The molecule has 0 aliphatic rings. The highest BCUT2D eigenvalue weighted by Gasteiger charge is 2.33. The number of halogens is 3. The molecule has 1 aromatic heterocycles. The van der Waals surface area contributed by atoms with E-state index in [0.29, 0.717) is 28.5 Å². The number of alkyl halides is 3. The molecule has 0 spiro atoms. The largest absolute Gasteiger partial charge is 0.465 e. The fourth-order valence-corrected chi connectivity index (χ4v) is 4.72. The van der Waals surface area contributed by atoms with Crippen LogP contribution >= 0.6 is 0 Å². The first-order valence-corrected chi connectivity index (χ1v) is 12.6. The minimum Gasteiger partial charge on any atom is -0.465 e. The van der Waals surface area contributed by atoms with Crippen LogP contribution in [0.3, 0.4) is 0 Å². The van der Waals surface area contributed by atoms with Crippen molar-refractivity contribution in [1.29, 1.82) is 0 Å². The van der Waals surface area contributed by atoms with Gasteiger partial charge in [-0.3, -0.25) is 4.98 Å². The number of aryl methyl sites for hydroxylation is 1. The van der Waals surface area contributed by atoms with E-state index in [1.54, 1.807) is 30.5 Å². The Balaban J connectivity index is 1.62. The number of para-hydroxylation sites is 1. The van der Waals surface area contributed by atoms with Crippen LogP contribution in [0.2, 0.25) is 0 Å². The lowest BCUT2D eigenvalue weighted by molar-refractivity contribution is -0.136. The van der Waals surface area contributed by atoms with Gasteiger partial charge in [-0.25, -0.2) is 4.79 Å². The second kappa shape index (κ2) is 11.1. The maximum absolute atomic E-state index is 13.9. The molecule has 0 bridgehead atoms. The van der Waals surface area contributed by atoms with Crippen LogP contribution < -0.4 is 0 Å². The van der Waals surface area contributed by atoms with Gasteiger partial charge in [-0.1, -0.05) is 66.4 Å². The van der Waals surface area contributed by atoms with E-state index >= 15 is 0 Å². The van der Waals surface area contributed by atoms with Crippen molar-refractivity contribution in [2.24, 2.45) is 0 Å². The number of esters is 1. The predicted molar refractivity (Wildman–Crippen MR) is 150 cm³/mol. The van der Waals surface area contributed by atoms with Gasteiger partial charge in [0.1, 0.15) is 0 Å². The highest BCUT2D eigenvalue weighted by molar-refractivity contribution is 5.98. The zero-order chi connectivity index (χ0) is 28.3. The summed E-state index contributed by atoms with van der Waals surface area (Å²) in [4.78, 5) is 16.1. The van der Waals surface area contributed by atoms with Crippen LogP contribution in [0.15, 0.2) is 97.2 Å². The molecule has 0 saturated heterocycles. The smallest absolute Gasteiger partial charge is 0.418 e. The molecule has 0 atom stereocenters. The van der Waals surface area contributed by atoms with Gasteiger partial charge in [0.2, 0.25) is 0 Å². The third kappa shape index (κ3) is 5.60. The summed E-state index contributed by atoms with van der Waals surface area (Å²) in [5.41, 5.74) is 5.18. The molecule has 0 aliphatic heterocycles. The van der Waals surface area contributed by atoms with Crippen LogP contribution in [0.4, 0.5) is 13.2 Å². The third-order valence-corrected chi connectivity index (χ3v) is 6.66. The molecular formula is C34H24F3NO2. The van der Waals surface area contributed by atoms with E-state index in [-0.39, 0.29) is 5.52 Å². The SMILES string of the molecule is COC(=O)c1ccc(C#Cc2cccc(-c3c(Cc4ccccc4)cnc4c(C(F)(F)F)cccc34)c2)c(C)c1. The summed E-state index contributed by atoms with van der Waals surface area (Å²) < 4.78 is 46.4. The summed E-state index contributed by atoms with van der Waals surface area (Å²) in [7, 11) is 1.33. The molecule has 0 saturated carbocycles. The van der Waals surface area contributed by atoms with Crippen molar-refractivity contribution in [2.75, 3.05) is 7.11 Å². The van der Waals surface area contributed by atoms with Gasteiger partial charge in [0, 0.05) is 22.7 Å². The molecule has 0 aliphatic carbocycles. The summed E-state index contributed by atoms with van der Waals surface area (Å²) in [6.07, 6.45) is -2.47. The van der Waals surface area contributed by atoms with Crippen LogP contribution in [0.25, 0.3) is 22.0 Å². The monoisotopic (exact) mass is 535 g/mol. The first-order valence-electron chi connectivity index (χ1n) is 12.6. The molecule has 0 radical (unpaired) electrons. The standard InChI is InChI=1S/C34H24F3NO2/c1-22-18-27(33(39)40-2)17-16-25(22)15-14-24-10-6-11-26(19-24)31-28(20-23-8-4-3-5-9-23)21-38-32-29(31)12-7-13-30(32)34(35,36)37/h3-13,16-19,21H,20H2,1-2H3. The highest BCUT2D eigenvalue weighted by atomic mass is 19.4. The Morgan fingerprint density at radius 1 is 0.900 bits per heavy atom. The van der Waals surface area contributed by atoms with Crippen molar-refractivity contribution in [3.05, 3.63) is 136 Å². The van der Waals surface area contributed by atoms with E-state index < -0.39 is 17.7 Å². The van der Waals surface area contributed by atoms with Crippen LogP contribution in [0.5, 0.6) is 0 Å². The zero-order valence-corrected chi connectivity index (χ0v) is 21.8.